The van der Waals surface area contributed by atoms with Gasteiger partial charge in [0.2, 0.25) is 5.91 Å². The predicted molar refractivity (Wildman–Crippen MR) is 82.3 cm³/mol. The Hall–Kier alpha value is -2.09. The molecule has 8 heteroatoms. The molecule has 0 atom stereocenters. The molecule has 2 rings (SSSR count). The van der Waals surface area contributed by atoms with Gasteiger partial charge in [0, 0.05) is 33.7 Å². The monoisotopic (exact) mass is 309 g/mol. The second-order valence-electron chi connectivity index (χ2n) is 4.67. The van der Waals surface area contributed by atoms with E-state index in [9.17, 15) is 9.59 Å². The summed E-state index contributed by atoms with van der Waals surface area (Å²) in [6.45, 7) is 1.65. The Balaban J connectivity index is 1.80. The van der Waals surface area contributed by atoms with Crippen molar-refractivity contribution >= 4 is 29.2 Å². The molecule has 0 bridgehead atoms. The molecule has 2 heterocycles. The summed E-state index contributed by atoms with van der Waals surface area (Å²) < 4.78 is 0. The maximum atomic E-state index is 11.5. The highest BCUT2D eigenvalue weighted by molar-refractivity contribution is 7.07. The van der Waals surface area contributed by atoms with Crippen LogP contribution in [0.5, 0.6) is 0 Å². The Morgan fingerprint density at radius 1 is 1.57 bits per heavy atom. The van der Waals surface area contributed by atoms with Crippen molar-refractivity contribution in [1.29, 1.82) is 0 Å². The first kappa shape index (κ1) is 15.3. The van der Waals surface area contributed by atoms with E-state index in [1.54, 1.807) is 18.4 Å². The molecule has 1 fully saturated rings. The molecule has 21 heavy (non-hydrogen) atoms. The van der Waals surface area contributed by atoms with Crippen LogP contribution in [0, 0.1) is 0 Å². The zero-order chi connectivity index (χ0) is 15.2. The fourth-order valence-electron chi connectivity index (χ4n) is 2.08. The van der Waals surface area contributed by atoms with Crippen LogP contribution in [0.15, 0.2) is 21.8 Å². The number of aliphatic imine (C=N–C) groups is 1. The van der Waals surface area contributed by atoms with Gasteiger partial charge in [-0.3, -0.25) is 14.7 Å². The molecule has 1 aliphatic rings. The molecule has 0 aromatic carbocycles. The largest absolute Gasteiger partial charge is 0.354 e. The molecule has 0 aliphatic carbocycles. The van der Waals surface area contributed by atoms with Crippen molar-refractivity contribution in [3.05, 3.63) is 22.4 Å². The van der Waals surface area contributed by atoms with Gasteiger partial charge in [-0.1, -0.05) is 0 Å². The van der Waals surface area contributed by atoms with Gasteiger partial charge in [-0.25, -0.2) is 4.79 Å². The van der Waals surface area contributed by atoms with Gasteiger partial charge in [0.15, 0.2) is 5.96 Å². The van der Waals surface area contributed by atoms with E-state index in [0.29, 0.717) is 13.1 Å². The second-order valence-corrected chi connectivity index (χ2v) is 5.45. The number of carbonyl (C=O) groups is 2. The second kappa shape index (κ2) is 7.07. The van der Waals surface area contributed by atoms with Crippen LogP contribution in [0.25, 0.3) is 0 Å². The molecule has 1 saturated heterocycles. The van der Waals surface area contributed by atoms with Crippen molar-refractivity contribution in [3.8, 4) is 0 Å². The van der Waals surface area contributed by atoms with Gasteiger partial charge in [-0.15, -0.1) is 0 Å². The third-order valence-corrected chi connectivity index (χ3v) is 3.86. The molecule has 3 amide bonds. The standard InChI is InChI=1S/C13H19N5O2S/c1-14-12(17(2)8-10-3-6-21-9-10)15-4-5-18-11(19)7-16-13(18)20/h3,6,9H,4-5,7-8H2,1-2H3,(H,14,15)(H,16,20). The maximum Gasteiger partial charge on any atom is 0.324 e. The zero-order valence-electron chi connectivity index (χ0n) is 12.1. The lowest BCUT2D eigenvalue weighted by molar-refractivity contribution is -0.124. The SMILES string of the molecule is CN=C(NCCN1C(=O)CNC1=O)N(C)Cc1ccsc1. The predicted octanol–water partition coefficient (Wildman–Crippen LogP) is 0.307. The lowest BCUT2D eigenvalue weighted by Gasteiger charge is -2.22. The lowest BCUT2D eigenvalue weighted by atomic mass is 10.3. The van der Waals surface area contributed by atoms with Gasteiger partial charge >= 0.3 is 6.03 Å². The summed E-state index contributed by atoms with van der Waals surface area (Å²) in [4.78, 5) is 30.3. The Morgan fingerprint density at radius 2 is 2.38 bits per heavy atom. The van der Waals surface area contributed by atoms with Gasteiger partial charge in [0.25, 0.3) is 0 Å². The smallest absolute Gasteiger partial charge is 0.324 e. The molecule has 2 N–H and O–H groups in total. The van der Waals surface area contributed by atoms with Crippen LogP contribution in [0.2, 0.25) is 0 Å². The third-order valence-electron chi connectivity index (χ3n) is 3.13. The van der Waals surface area contributed by atoms with E-state index in [1.807, 2.05) is 17.3 Å². The molecular weight excluding hydrogens is 290 g/mol. The van der Waals surface area contributed by atoms with E-state index in [-0.39, 0.29) is 18.5 Å². The number of nitrogens with one attached hydrogen (secondary N) is 2. The molecule has 1 aromatic heterocycles. The van der Waals surface area contributed by atoms with E-state index < -0.39 is 0 Å². The number of hydrogen-bond acceptors (Lipinski definition) is 4. The van der Waals surface area contributed by atoms with Gasteiger partial charge in [-0.2, -0.15) is 11.3 Å². The topological polar surface area (TPSA) is 77.0 Å². The first-order valence-electron chi connectivity index (χ1n) is 6.63. The van der Waals surface area contributed by atoms with Crippen molar-refractivity contribution in [2.75, 3.05) is 33.7 Å². The molecule has 0 radical (unpaired) electrons. The van der Waals surface area contributed by atoms with Crippen molar-refractivity contribution in [3.63, 3.8) is 0 Å². The number of amides is 3. The highest BCUT2D eigenvalue weighted by atomic mass is 32.1. The van der Waals surface area contributed by atoms with Crippen LogP contribution in [-0.2, 0) is 11.3 Å². The maximum absolute atomic E-state index is 11.5. The van der Waals surface area contributed by atoms with Crippen molar-refractivity contribution in [1.82, 2.24) is 20.4 Å². The summed E-state index contributed by atoms with van der Waals surface area (Å²) >= 11 is 1.66. The normalized spacial score (nSPS) is 15.3. The van der Waals surface area contributed by atoms with Crippen LogP contribution < -0.4 is 10.6 Å². The van der Waals surface area contributed by atoms with Crippen molar-refractivity contribution in [2.24, 2.45) is 4.99 Å². The number of carbonyl (C=O) groups excluding carboxylic acids is 2. The van der Waals surface area contributed by atoms with Crippen LogP contribution in [-0.4, -0.2) is 61.4 Å². The summed E-state index contributed by atoms with van der Waals surface area (Å²) in [6.07, 6.45) is 0. The molecule has 0 saturated carbocycles. The molecule has 114 valence electrons. The van der Waals surface area contributed by atoms with E-state index in [0.717, 1.165) is 12.5 Å². The molecular formula is C13H19N5O2S. The quantitative estimate of drug-likeness (QED) is 0.466. The van der Waals surface area contributed by atoms with Crippen LogP contribution in [0.1, 0.15) is 5.56 Å². The number of hydrogen-bond donors (Lipinski definition) is 2. The van der Waals surface area contributed by atoms with Gasteiger partial charge in [0.05, 0.1) is 6.54 Å². The summed E-state index contributed by atoms with van der Waals surface area (Å²) in [6, 6.07) is 1.74. The van der Waals surface area contributed by atoms with E-state index in [1.165, 1.54) is 10.5 Å². The van der Waals surface area contributed by atoms with Gasteiger partial charge in [0.1, 0.15) is 0 Å². The number of rotatable bonds is 5. The highest BCUT2D eigenvalue weighted by Gasteiger charge is 2.27. The van der Waals surface area contributed by atoms with Gasteiger partial charge in [-0.05, 0) is 22.4 Å². The van der Waals surface area contributed by atoms with Crippen molar-refractivity contribution < 1.29 is 9.59 Å². The molecule has 0 spiro atoms. The molecule has 1 aliphatic heterocycles. The minimum atomic E-state index is -0.330. The summed E-state index contributed by atoms with van der Waals surface area (Å²) in [5.41, 5.74) is 1.22. The highest BCUT2D eigenvalue weighted by Crippen LogP contribution is 2.08. The van der Waals surface area contributed by atoms with Gasteiger partial charge < -0.3 is 15.5 Å². The zero-order valence-corrected chi connectivity index (χ0v) is 12.9. The minimum absolute atomic E-state index is 0.0889. The summed E-state index contributed by atoms with van der Waals surface area (Å²) in [5.74, 6) is 0.539. The van der Waals surface area contributed by atoms with Crippen LogP contribution >= 0.6 is 11.3 Å². The lowest BCUT2D eigenvalue weighted by Crippen LogP contribution is -2.43. The fraction of sp³-hybridized carbons (Fsp3) is 0.462. The fourth-order valence-corrected chi connectivity index (χ4v) is 2.74. The van der Waals surface area contributed by atoms with Crippen LogP contribution in [0.4, 0.5) is 4.79 Å². The number of thiophene rings is 1. The number of guanidine groups is 1. The summed E-state index contributed by atoms with van der Waals surface area (Å²) in [7, 11) is 3.65. The minimum Gasteiger partial charge on any atom is -0.354 e. The first-order chi connectivity index (χ1) is 10.1. The van der Waals surface area contributed by atoms with E-state index >= 15 is 0 Å². The Bertz CT molecular complexity index is 513. The van der Waals surface area contributed by atoms with E-state index in [4.69, 9.17) is 0 Å². The Labute approximate surface area is 127 Å². The summed E-state index contributed by atoms with van der Waals surface area (Å²) in [5, 5.41) is 9.78. The molecule has 0 unspecified atom stereocenters. The van der Waals surface area contributed by atoms with E-state index in [2.05, 4.69) is 27.1 Å². The number of nitrogens with zero attached hydrogens (tertiary/aromatic N) is 3. The third kappa shape index (κ3) is 3.94. The van der Waals surface area contributed by atoms with Crippen molar-refractivity contribution in [2.45, 2.75) is 6.54 Å². The Morgan fingerprint density at radius 3 is 2.95 bits per heavy atom. The Kier molecular flexibility index (Phi) is 5.15. The number of imide groups is 1. The number of urea groups is 1. The molecule has 7 nitrogen and oxygen atoms in total. The average molecular weight is 309 g/mol. The molecule has 1 aromatic rings. The van der Waals surface area contributed by atoms with Crippen LogP contribution in [0.3, 0.4) is 0 Å². The average Bonchev–Trinajstić information content (AvgIpc) is 3.07. The first-order valence-corrected chi connectivity index (χ1v) is 7.57.